The van der Waals surface area contributed by atoms with Crippen LogP contribution in [0.3, 0.4) is 0 Å². The van der Waals surface area contributed by atoms with Crippen LogP contribution in [0.2, 0.25) is 0 Å². The number of fused-ring (bicyclic) bond motifs is 1. The van der Waals surface area contributed by atoms with Gasteiger partial charge in [0.1, 0.15) is 0 Å². The minimum atomic E-state index is -0.259. The highest BCUT2D eigenvalue weighted by atomic mass is 16.3. The van der Waals surface area contributed by atoms with Crippen LogP contribution in [0.25, 0.3) is 16.5 Å². The molecule has 28 heavy (non-hydrogen) atoms. The second-order valence-corrected chi connectivity index (χ2v) is 6.80. The molecule has 1 heterocycles. The van der Waals surface area contributed by atoms with Crippen LogP contribution in [-0.2, 0) is 0 Å². The van der Waals surface area contributed by atoms with Gasteiger partial charge in [-0.1, -0.05) is 54.1 Å². The molecule has 0 saturated carbocycles. The van der Waals surface area contributed by atoms with Crippen molar-refractivity contribution in [3.8, 4) is 11.6 Å². The Kier molecular flexibility index (Phi) is 4.53. The summed E-state index contributed by atoms with van der Waals surface area (Å²) >= 11 is 0. The number of aromatic hydroxyl groups is 1. The molecule has 0 amide bonds. The molecule has 1 aromatic heterocycles. The zero-order valence-electron chi connectivity index (χ0n) is 15.8. The van der Waals surface area contributed by atoms with Gasteiger partial charge in [-0.3, -0.25) is 9.79 Å². The number of para-hydroxylation sites is 1. The number of pyridine rings is 1. The topological polar surface area (TPSA) is 54.6 Å². The van der Waals surface area contributed by atoms with E-state index in [4.69, 9.17) is 0 Å². The molecule has 0 atom stereocenters. The lowest BCUT2D eigenvalue weighted by Gasteiger charge is -2.14. The minimum Gasteiger partial charge on any atom is -0.494 e. The molecule has 138 valence electrons. The molecule has 4 nitrogen and oxygen atoms in total. The van der Waals surface area contributed by atoms with E-state index < -0.39 is 0 Å². The molecule has 0 fully saturated rings. The summed E-state index contributed by atoms with van der Waals surface area (Å²) in [5, 5.41) is 12.2. The lowest BCUT2D eigenvalue weighted by atomic mass is 10.1. The predicted octanol–water partition coefficient (Wildman–Crippen LogP) is 5.06. The highest BCUT2D eigenvalue weighted by molar-refractivity contribution is 6.02. The maximum Gasteiger partial charge on any atom is 0.265 e. The lowest BCUT2D eigenvalue weighted by molar-refractivity contribution is 0.436. The Morgan fingerprint density at radius 3 is 2.21 bits per heavy atom. The van der Waals surface area contributed by atoms with E-state index in [0.29, 0.717) is 22.0 Å². The zero-order chi connectivity index (χ0) is 19.7. The lowest BCUT2D eigenvalue weighted by Crippen LogP contribution is -2.20. The third-order valence-electron chi connectivity index (χ3n) is 4.84. The van der Waals surface area contributed by atoms with Crippen LogP contribution in [0, 0.1) is 13.8 Å². The van der Waals surface area contributed by atoms with E-state index in [1.807, 2.05) is 80.6 Å². The fourth-order valence-corrected chi connectivity index (χ4v) is 3.27. The van der Waals surface area contributed by atoms with Gasteiger partial charge < -0.3 is 5.11 Å². The van der Waals surface area contributed by atoms with Crippen molar-refractivity contribution in [2.75, 3.05) is 0 Å². The molecule has 0 radical (unpaired) electrons. The van der Waals surface area contributed by atoms with Crippen LogP contribution in [0.15, 0.2) is 82.6 Å². The molecule has 4 aromatic rings. The summed E-state index contributed by atoms with van der Waals surface area (Å²) in [5.74, 6) is -0.120. The van der Waals surface area contributed by atoms with Gasteiger partial charge in [0.05, 0.1) is 16.9 Å². The summed E-state index contributed by atoms with van der Waals surface area (Å²) in [7, 11) is 0. The smallest absolute Gasteiger partial charge is 0.265 e. The van der Waals surface area contributed by atoms with Crippen molar-refractivity contribution in [2.45, 2.75) is 13.8 Å². The average Bonchev–Trinajstić information content (AvgIpc) is 2.71. The van der Waals surface area contributed by atoms with Gasteiger partial charge >= 0.3 is 0 Å². The van der Waals surface area contributed by atoms with Crippen molar-refractivity contribution in [1.82, 2.24) is 4.57 Å². The van der Waals surface area contributed by atoms with Crippen molar-refractivity contribution in [1.29, 1.82) is 0 Å². The van der Waals surface area contributed by atoms with Crippen molar-refractivity contribution in [3.63, 3.8) is 0 Å². The first-order chi connectivity index (χ1) is 13.6. The van der Waals surface area contributed by atoms with Gasteiger partial charge in [0, 0.05) is 17.0 Å². The first-order valence-electron chi connectivity index (χ1n) is 9.10. The van der Waals surface area contributed by atoms with E-state index in [9.17, 15) is 9.90 Å². The van der Waals surface area contributed by atoms with Crippen molar-refractivity contribution < 1.29 is 5.11 Å². The molecule has 3 aromatic carbocycles. The number of rotatable bonds is 3. The van der Waals surface area contributed by atoms with Gasteiger partial charge in [-0.15, -0.1) is 0 Å². The molecule has 0 spiro atoms. The maximum absolute atomic E-state index is 13.1. The summed E-state index contributed by atoms with van der Waals surface area (Å²) in [6.45, 7) is 3.96. The first kappa shape index (κ1) is 17.7. The number of hydrogen-bond donors (Lipinski definition) is 1. The highest BCUT2D eigenvalue weighted by Gasteiger charge is 2.16. The molecular formula is C24H20N2O2. The Bertz CT molecular complexity index is 1250. The van der Waals surface area contributed by atoms with E-state index in [1.54, 1.807) is 12.3 Å². The van der Waals surface area contributed by atoms with Crippen molar-refractivity contribution in [3.05, 3.63) is 99.8 Å². The van der Waals surface area contributed by atoms with Gasteiger partial charge in [-0.05, 0) is 43.7 Å². The number of nitrogens with zero attached hydrogens (tertiary/aromatic N) is 2. The van der Waals surface area contributed by atoms with E-state index >= 15 is 0 Å². The van der Waals surface area contributed by atoms with E-state index in [0.717, 1.165) is 16.8 Å². The molecule has 0 saturated heterocycles. The molecule has 0 unspecified atom stereocenters. The molecule has 1 N–H and O–H groups in total. The maximum atomic E-state index is 13.1. The summed E-state index contributed by atoms with van der Waals surface area (Å²) in [6, 6.07) is 22.5. The minimum absolute atomic E-state index is 0.120. The third-order valence-corrected chi connectivity index (χ3v) is 4.84. The number of hydrogen-bond acceptors (Lipinski definition) is 3. The first-order valence-corrected chi connectivity index (χ1v) is 9.10. The zero-order valence-corrected chi connectivity index (χ0v) is 15.8. The Balaban J connectivity index is 1.99. The monoisotopic (exact) mass is 368 g/mol. The summed E-state index contributed by atoms with van der Waals surface area (Å²) in [6.07, 6.45) is 1.63. The average molecular weight is 368 g/mol. The predicted molar refractivity (Wildman–Crippen MR) is 114 cm³/mol. The molecule has 0 aliphatic heterocycles. The fraction of sp³-hybridized carbons (Fsp3) is 0.0833. The van der Waals surface area contributed by atoms with E-state index in [2.05, 4.69) is 4.99 Å². The van der Waals surface area contributed by atoms with Gasteiger partial charge in [0.2, 0.25) is 5.88 Å². The second kappa shape index (κ2) is 7.16. The fourth-order valence-electron chi connectivity index (χ4n) is 3.27. The number of aromatic nitrogens is 1. The molecule has 4 heteroatoms. The Morgan fingerprint density at radius 1 is 0.857 bits per heavy atom. The normalized spacial score (nSPS) is 11.4. The number of aliphatic imine (C=N–C) groups is 1. The van der Waals surface area contributed by atoms with Gasteiger partial charge in [-0.25, -0.2) is 4.57 Å². The van der Waals surface area contributed by atoms with Crippen LogP contribution in [0.1, 0.15) is 16.7 Å². The van der Waals surface area contributed by atoms with Crippen LogP contribution in [0.4, 0.5) is 5.69 Å². The third kappa shape index (κ3) is 3.09. The van der Waals surface area contributed by atoms with Crippen LogP contribution in [0.5, 0.6) is 5.88 Å². The summed E-state index contributed by atoms with van der Waals surface area (Å²) < 4.78 is 1.33. The second-order valence-electron chi connectivity index (χ2n) is 6.80. The van der Waals surface area contributed by atoms with Gasteiger partial charge in [0.25, 0.3) is 5.56 Å². The van der Waals surface area contributed by atoms with Gasteiger partial charge in [0.15, 0.2) is 0 Å². The molecular weight excluding hydrogens is 348 g/mol. The molecule has 4 rings (SSSR count). The van der Waals surface area contributed by atoms with Gasteiger partial charge in [-0.2, -0.15) is 0 Å². The molecule has 0 bridgehead atoms. The highest BCUT2D eigenvalue weighted by Crippen LogP contribution is 2.27. The summed E-state index contributed by atoms with van der Waals surface area (Å²) in [4.78, 5) is 17.6. The Morgan fingerprint density at radius 2 is 1.50 bits per heavy atom. The largest absolute Gasteiger partial charge is 0.494 e. The summed E-state index contributed by atoms with van der Waals surface area (Å²) in [5.41, 5.74) is 3.81. The van der Waals surface area contributed by atoms with Crippen LogP contribution in [-0.4, -0.2) is 15.9 Å². The van der Waals surface area contributed by atoms with Crippen molar-refractivity contribution >= 4 is 22.7 Å². The van der Waals surface area contributed by atoms with Crippen LogP contribution >= 0.6 is 0 Å². The SMILES string of the molecule is Cc1ccc(-n2c(O)c(C=Nc3ccccc3C)c3ccccc3c2=O)cc1. The van der Waals surface area contributed by atoms with Crippen LogP contribution < -0.4 is 5.56 Å². The molecule has 0 aliphatic rings. The van der Waals surface area contributed by atoms with E-state index in [1.165, 1.54) is 4.57 Å². The Hall–Kier alpha value is -3.66. The number of benzene rings is 3. The van der Waals surface area contributed by atoms with E-state index in [-0.39, 0.29) is 11.4 Å². The standard InChI is InChI=1S/C24H20N2O2/c1-16-11-13-18(14-12-16)26-23(27)20-9-5-4-8-19(20)21(24(26)28)15-25-22-10-6-3-7-17(22)2/h3-15,28H,1-2H3. The molecule has 0 aliphatic carbocycles. The Labute approximate surface area is 163 Å². The number of aryl methyl sites for hydroxylation is 2. The quantitative estimate of drug-likeness (QED) is 0.514. The van der Waals surface area contributed by atoms with Crippen molar-refractivity contribution in [2.24, 2.45) is 4.99 Å².